The average Bonchev–Trinajstić information content (AvgIpc) is 3.09. The number of aromatic amines is 1. The molecule has 0 aliphatic heterocycles. The highest BCUT2D eigenvalue weighted by atomic mass is 35.5. The number of amides is 1. The van der Waals surface area contributed by atoms with Gasteiger partial charge in [0.2, 0.25) is 0 Å². The number of carbonyl (C=O) groups is 1. The quantitative estimate of drug-likeness (QED) is 0.506. The Morgan fingerprint density at radius 1 is 1.15 bits per heavy atom. The molecule has 6 heteroatoms. The molecule has 0 aliphatic rings. The molecule has 0 unspecified atom stereocenters. The molecule has 1 amide bonds. The van der Waals surface area contributed by atoms with Gasteiger partial charge in [-0.15, -0.1) is 11.3 Å². The maximum absolute atomic E-state index is 13.2. The second-order valence-electron chi connectivity index (χ2n) is 6.39. The van der Waals surface area contributed by atoms with Gasteiger partial charge in [-0.3, -0.25) is 9.59 Å². The molecule has 0 atom stereocenters. The van der Waals surface area contributed by atoms with Crippen molar-refractivity contribution in [2.45, 2.75) is 13.8 Å². The summed E-state index contributed by atoms with van der Waals surface area (Å²) in [5, 5.41) is 2.08. The first-order valence-corrected chi connectivity index (χ1v) is 9.81. The SMILES string of the molecule is CCN(C(=O)c1cc2c(=O)[nH]c3ccc(C)cc3c2s1)c1cccc(Cl)c1. The summed E-state index contributed by atoms with van der Waals surface area (Å²) in [6, 6.07) is 14.8. The van der Waals surface area contributed by atoms with E-state index in [1.54, 1.807) is 23.1 Å². The number of H-pyrrole nitrogens is 1. The van der Waals surface area contributed by atoms with E-state index in [9.17, 15) is 9.59 Å². The van der Waals surface area contributed by atoms with E-state index in [0.717, 1.165) is 26.9 Å². The minimum absolute atomic E-state index is 0.138. The number of aryl methyl sites for hydroxylation is 1. The highest BCUT2D eigenvalue weighted by Crippen LogP contribution is 2.32. The van der Waals surface area contributed by atoms with Gasteiger partial charge in [0, 0.05) is 32.9 Å². The maximum Gasteiger partial charge on any atom is 0.268 e. The second-order valence-corrected chi connectivity index (χ2v) is 7.87. The standard InChI is InChI=1S/C21H17ClN2O2S/c1-3-24(14-6-4-5-13(22)10-14)21(26)18-11-16-19(27-18)15-9-12(2)7-8-17(15)23-20(16)25/h4-11H,3H2,1-2H3,(H,23,25). The molecule has 1 N–H and O–H groups in total. The Balaban J connectivity index is 1.87. The van der Waals surface area contributed by atoms with Crippen LogP contribution in [0, 0.1) is 6.92 Å². The maximum atomic E-state index is 13.2. The Labute approximate surface area is 165 Å². The fourth-order valence-corrected chi connectivity index (χ4v) is 4.55. The molecule has 0 fully saturated rings. The minimum atomic E-state index is -0.178. The van der Waals surface area contributed by atoms with E-state index in [0.29, 0.717) is 21.8 Å². The van der Waals surface area contributed by atoms with Gasteiger partial charge in [-0.25, -0.2) is 0 Å². The van der Waals surface area contributed by atoms with Gasteiger partial charge in [0.05, 0.1) is 10.3 Å². The number of anilines is 1. The number of aromatic nitrogens is 1. The van der Waals surface area contributed by atoms with Crippen LogP contribution in [0.2, 0.25) is 5.02 Å². The number of nitrogens with zero attached hydrogens (tertiary/aromatic N) is 1. The lowest BCUT2D eigenvalue weighted by molar-refractivity contribution is 0.0992. The Morgan fingerprint density at radius 3 is 2.70 bits per heavy atom. The zero-order valence-corrected chi connectivity index (χ0v) is 16.4. The predicted molar refractivity (Wildman–Crippen MR) is 113 cm³/mol. The number of halogens is 1. The normalized spacial score (nSPS) is 11.2. The molecule has 4 nitrogen and oxygen atoms in total. The number of carbonyl (C=O) groups excluding carboxylic acids is 1. The van der Waals surface area contributed by atoms with E-state index in [1.165, 1.54) is 11.3 Å². The molecule has 2 heterocycles. The summed E-state index contributed by atoms with van der Waals surface area (Å²) < 4.78 is 0.836. The molecule has 2 aromatic carbocycles. The zero-order chi connectivity index (χ0) is 19.1. The van der Waals surface area contributed by atoms with Crippen molar-refractivity contribution in [3.05, 3.63) is 74.3 Å². The number of nitrogens with one attached hydrogen (secondary N) is 1. The molecule has 0 bridgehead atoms. The summed E-state index contributed by atoms with van der Waals surface area (Å²) >= 11 is 7.44. The Hall–Kier alpha value is -2.63. The van der Waals surface area contributed by atoms with Crippen molar-refractivity contribution in [1.29, 1.82) is 0 Å². The van der Waals surface area contributed by atoms with Crippen LogP contribution in [0.25, 0.3) is 21.0 Å². The number of fused-ring (bicyclic) bond motifs is 3. The first kappa shape index (κ1) is 17.8. The van der Waals surface area contributed by atoms with Crippen LogP contribution in [0.3, 0.4) is 0 Å². The van der Waals surface area contributed by atoms with Gasteiger partial charge in [0.15, 0.2) is 0 Å². The van der Waals surface area contributed by atoms with Crippen LogP contribution < -0.4 is 10.5 Å². The number of benzene rings is 2. The molecule has 136 valence electrons. The molecule has 0 saturated carbocycles. The Bertz CT molecular complexity index is 1240. The number of hydrogen-bond donors (Lipinski definition) is 1. The number of pyridine rings is 1. The van der Waals surface area contributed by atoms with Crippen molar-refractivity contribution in [2.24, 2.45) is 0 Å². The van der Waals surface area contributed by atoms with Gasteiger partial charge in [0.1, 0.15) is 0 Å². The van der Waals surface area contributed by atoms with Crippen LogP contribution in [0.15, 0.2) is 53.3 Å². The lowest BCUT2D eigenvalue weighted by Crippen LogP contribution is -2.29. The van der Waals surface area contributed by atoms with Crippen molar-refractivity contribution in [1.82, 2.24) is 4.98 Å². The molecule has 0 spiro atoms. The molecular formula is C21H17ClN2O2S. The van der Waals surface area contributed by atoms with Crippen molar-refractivity contribution < 1.29 is 4.79 Å². The fourth-order valence-electron chi connectivity index (χ4n) is 3.23. The van der Waals surface area contributed by atoms with E-state index >= 15 is 0 Å². The zero-order valence-electron chi connectivity index (χ0n) is 14.9. The second kappa shape index (κ2) is 6.83. The van der Waals surface area contributed by atoms with E-state index in [4.69, 9.17) is 11.6 Å². The molecule has 27 heavy (non-hydrogen) atoms. The molecule has 0 saturated heterocycles. The van der Waals surface area contributed by atoms with Gasteiger partial charge in [-0.1, -0.05) is 29.3 Å². The fraction of sp³-hybridized carbons (Fsp3) is 0.143. The van der Waals surface area contributed by atoms with Crippen LogP contribution in [-0.4, -0.2) is 17.4 Å². The topological polar surface area (TPSA) is 53.2 Å². The van der Waals surface area contributed by atoms with Crippen molar-refractivity contribution in [3.63, 3.8) is 0 Å². The van der Waals surface area contributed by atoms with E-state index in [-0.39, 0.29) is 11.5 Å². The smallest absolute Gasteiger partial charge is 0.268 e. The first-order valence-electron chi connectivity index (χ1n) is 8.61. The van der Waals surface area contributed by atoms with Gasteiger partial charge < -0.3 is 9.88 Å². The van der Waals surface area contributed by atoms with Gasteiger partial charge in [-0.2, -0.15) is 0 Å². The van der Waals surface area contributed by atoms with Crippen molar-refractivity contribution in [3.8, 4) is 0 Å². The third-order valence-corrected chi connectivity index (χ3v) is 5.93. The lowest BCUT2D eigenvalue weighted by atomic mass is 10.1. The summed E-state index contributed by atoms with van der Waals surface area (Å²) in [5.74, 6) is -0.138. The van der Waals surface area contributed by atoms with Crippen LogP contribution >= 0.6 is 22.9 Å². The van der Waals surface area contributed by atoms with Crippen LogP contribution in [0.4, 0.5) is 5.69 Å². The van der Waals surface area contributed by atoms with Crippen LogP contribution in [-0.2, 0) is 0 Å². The van der Waals surface area contributed by atoms with E-state index in [2.05, 4.69) is 4.98 Å². The van der Waals surface area contributed by atoms with Crippen molar-refractivity contribution in [2.75, 3.05) is 11.4 Å². The molecular weight excluding hydrogens is 380 g/mol. The lowest BCUT2D eigenvalue weighted by Gasteiger charge is -2.20. The van der Waals surface area contributed by atoms with Crippen molar-refractivity contribution >= 4 is 55.5 Å². The number of thiophene rings is 1. The third-order valence-electron chi connectivity index (χ3n) is 4.54. The summed E-state index contributed by atoms with van der Waals surface area (Å²) in [6.45, 7) is 4.43. The Kier molecular flexibility index (Phi) is 4.50. The number of rotatable bonds is 3. The molecule has 0 radical (unpaired) electrons. The molecule has 2 aromatic heterocycles. The molecule has 4 rings (SSSR count). The summed E-state index contributed by atoms with van der Waals surface area (Å²) in [5.41, 5.74) is 2.44. The minimum Gasteiger partial charge on any atom is -0.321 e. The van der Waals surface area contributed by atoms with E-state index < -0.39 is 0 Å². The number of hydrogen-bond acceptors (Lipinski definition) is 3. The van der Waals surface area contributed by atoms with Crippen LogP contribution in [0.5, 0.6) is 0 Å². The highest BCUT2D eigenvalue weighted by molar-refractivity contribution is 7.21. The average molecular weight is 397 g/mol. The van der Waals surface area contributed by atoms with E-state index in [1.807, 2.05) is 44.2 Å². The van der Waals surface area contributed by atoms with Gasteiger partial charge in [0.25, 0.3) is 11.5 Å². The molecule has 4 aromatic rings. The highest BCUT2D eigenvalue weighted by Gasteiger charge is 2.20. The largest absolute Gasteiger partial charge is 0.321 e. The molecule has 0 aliphatic carbocycles. The summed E-state index contributed by atoms with van der Waals surface area (Å²) in [6.07, 6.45) is 0. The predicted octanol–water partition coefficient (Wildman–Crippen LogP) is 5.37. The van der Waals surface area contributed by atoms with Crippen LogP contribution in [0.1, 0.15) is 22.2 Å². The summed E-state index contributed by atoms with van der Waals surface area (Å²) in [7, 11) is 0. The van der Waals surface area contributed by atoms with Gasteiger partial charge >= 0.3 is 0 Å². The Morgan fingerprint density at radius 2 is 1.96 bits per heavy atom. The summed E-state index contributed by atoms with van der Waals surface area (Å²) in [4.78, 5) is 30.7. The van der Waals surface area contributed by atoms with Gasteiger partial charge in [-0.05, 0) is 50.2 Å². The first-order chi connectivity index (χ1) is 13.0. The third kappa shape index (κ3) is 3.13. The monoisotopic (exact) mass is 396 g/mol.